The highest BCUT2D eigenvalue weighted by molar-refractivity contribution is 7.89. The summed E-state index contributed by atoms with van der Waals surface area (Å²) in [6.45, 7) is 0. The van der Waals surface area contributed by atoms with Gasteiger partial charge >= 0.3 is 0 Å². The van der Waals surface area contributed by atoms with Crippen molar-refractivity contribution in [2.45, 2.75) is 30.2 Å². The van der Waals surface area contributed by atoms with Crippen molar-refractivity contribution in [1.82, 2.24) is 0 Å². The molecule has 0 unspecified atom stereocenters. The molecule has 1 fully saturated rings. The topological polar surface area (TPSA) is 89.4 Å². The number of anilines is 2. The Kier molecular flexibility index (Phi) is 3.01. The molecule has 1 saturated carbocycles. The fraction of sp³-hybridized carbons (Fsp3) is 0.455. The molecule has 0 heterocycles. The summed E-state index contributed by atoms with van der Waals surface area (Å²) >= 11 is 0. The van der Waals surface area contributed by atoms with Gasteiger partial charge in [-0.25, -0.2) is 13.6 Å². The number of hydrogen-bond acceptors (Lipinski definition) is 4. The van der Waals surface area contributed by atoms with Gasteiger partial charge in [0, 0.05) is 13.1 Å². The highest BCUT2D eigenvalue weighted by Crippen LogP contribution is 2.32. The maximum atomic E-state index is 11.3. The van der Waals surface area contributed by atoms with Crippen molar-refractivity contribution < 1.29 is 8.42 Å². The van der Waals surface area contributed by atoms with Crippen LogP contribution < -0.4 is 15.8 Å². The summed E-state index contributed by atoms with van der Waals surface area (Å²) in [7, 11) is -1.74. The minimum atomic E-state index is -3.67. The molecule has 1 aromatic carbocycles. The average Bonchev–Trinajstić information content (AvgIpc) is 2.13. The standard InChI is InChI=1S/C11H17N3O2S/c1-14(8-3-2-4-8)11-7-9(17(13,15)16)5-6-10(11)12/h5-8H,2-4,12H2,1H3,(H2,13,15,16). The molecule has 0 bridgehead atoms. The molecule has 1 aliphatic rings. The molecule has 0 amide bonds. The normalized spacial score (nSPS) is 16.6. The van der Waals surface area contributed by atoms with Gasteiger partial charge in [0.2, 0.25) is 10.0 Å². The zero-order chi connectivity index (χ0) is 12.6. The lowest BCUT2D eigenvalue weighted by Crippen LogP contribution is -2.37. The quantitative estimate of drug-likeness (QED) is 0.785. The predicted molar refractivity (Wildman–Crippen MR) is 68.3 cm³/mol. The molecule has 5 nitrogen and oxygen atoms in total. The van der Waals surface area contributed by atoms with Gasteiger partial charge in [-0.15, -0.1) is 0 Å². The van der Waals surface area contributed by atoms with Gasteiger partial charge in [-0.2, -0.15) is 0 Å². The van der Waals surface area contributed by atoms with Crippen molar-refractivity contribution in [3.8, 4) is 0 Å². The van der Waals surface area contributed by atoms with Gasteiger partial charge in [0.25, 0.3) is 0 Å². The number of nitrogens with two attached hydrogens (primary N) is 2. The Bertz CT molecular complexity index is 524. The van der Waals surface area contributed by atoms with Crippen LogP contribution in [0.4, 0.5) is 11.4 Å². The van der Waals surface area contributed by atoms with Crippen molar-refractivity contribution >= 4 is 21.4 Å². The van der Waals surface area contributed by atoms with Crippen molar-refractivity contribution in [3.05, 3.63) is 18.2 Å². The second-order valence-electron chi connectivity index (χ2n) is 4.46. The lowest BCUT2D eigenvalue weighted by atomic mass is 9.91. The molecule has 0 atom stereocenters. The van der Waals surface area contributed by atoms with Gasteiger partial charge in [-0.1, -0.05) is 0 Å². The van der Waals surface area contributed by atoms with Crippen LogP contribution in [0.25, 0.3) is 0 Å². The van der Waals surface area contributed by atoms with E-state index in [4.69, 9.17) is 10.9 Å². The van der Waals surface area contributed by atoms with Gasteiger partial charge in [0.15, 0.2) is 0 Å². The molecule has 17 heavy (non-hydrogen) atoms. The summed E-state index contributed by atoms with van der Waals surface area (Å²) in [6.07, 6.45) is 3.45. The van der Waals surface area contributed by atoms with Crippen LogP contribution in [0.15, 0.2) is 23.1 Å². The van der Waals surface area contributed by atoms with Crippen molar-refractivity contribution in [3.63, 3.8) is 0 Å². The predicted octanol–water partition coefficient (Wildman–Crippen LogP) is 0.905. The number of benzene rings is 1. The first-order valence-corrected chi connectivity index (χ1v) is 7.09. The van der Waals surface area contributed by atoms with Gasteiger partial charge in [-0.3, -0.25) is 0 Å². The highest BCUT2D eigenvalue weighted by Gasteiger charge is 2.24. The molecule has 0 spiro atoms. The van der Waals surface area contributed by atoms with E-state index in [1.807, 2.05) is 11.9 Å². The van der Waals surface area contributed by atoms with E-state index in [2.05, 4.69) is 0 Å². The third-order valence-electron chi connectivity index (χ3n) is 3.33. The number of rotatable bonds is 3. The molecule has 1 aliphatic carbocycles. The third-order valence-corrected chi connectivity index (χ3v) is 4.24. The van der Waals surface area contributed by atoms with E-state index >= 15 is 0 Å². The molecule has 0 saturated heterocycles. The molecule has 6 heteroatoms. The van der Waals surface area contributed by atoms with E-state index in [0.29, 0.717) is 11.7 Å². The molecule has 0 aliphatic heterocycles. The Morgan fingerprint density at radius 1 is 1.35 bits per heavy atom. The van der Waals surface area contributed by atoms with Crippen LogP contribution in [0.2, 0.25) is 0 Å². The fourth-order valence-corrected chi connectivity index (χ4v) is 2.51. The van der Waals surface area contributed by atoms with Crippen LogP contribution in [0.3, 0.4) is 0 Å². The van der Waals surface area contributed by atoms with E-state index in [1.54, 1.807) is 12.1 Å². The number of primary sulfonamides is 1. The Morgan fingerprint density at radius 3 is 2.47 bits per heavy atom. The SMILES string of the molecule is CN(c1cc(S(N)(=O)=O)ccc1N)C1CCC1. The largest absolute Gasteiger partial charge is 0.397 e. The van der Waals surface area contributed by atoms with E-state index in [-0.39, 0.29) is 4.90 Å². The summed E-state index contributed by atoms with van der Waals surface area (Å²) < 4.78 is 22.6. The van der Waals surface area contributed by atoms with Crippen LogP contribution in [0.1, 0.15) is 19.3 Å². The molecule has 1 aromatic rings. The summed E-state index contributed by atoms with van der Waals surface area (Å²) in [4.78, 5) is 2.14. The average molecular weight is 255 g/mol. The summed E-state index contributed by atoms with van der Waals surface area (Å²) in [5.74, 6) is 0. The van der Waals surface area contributed by atoms with E-state index in [0.717, 1.165) is 18.5 Å². The minimum Gasteiger partial charge on any atom is -0.397 e. The van der Waals surface area contributed by atoms with E-state index in [1.165, 1.54) is 12.5 Å². The summed E-state index contributed by atoms with van der Waals surface area (Å²) in [6, 6.07) is 5.02. The Labute approximate surface area is 101 Å². The summed E-state index contributed by atoms with van der Waals surface area (Å²) in [5, 5.41) is 5.11. The second-order valence-corrected chi connectivity index (χ2v) is 6.02. The van der Waals surface area contributed by atoms with Gasteiger partial charge in [-0.05, 0) is 37.5 Å². The van der Waals surface area contributed by atoms with Gasteiger partial charge < -0.3 is 10.6 Å². The number of nitrogens with zero attached hydrogens (tertiary/aromatic N) is 1. The Hall–Kier alpha value is -1.27. The molecule has 94 valence electrons. The van der Waals surface area contributed by atoms with Crippen LogP contribution in [-0.2, 0) is 10.0 Å². The smallest absolute Gasteiger partial charge is 0.238 e. The lowest BCUT2D eigenvalue weighted by Gasteiger charge is -2.37. The second kappa shape index (κ2) is 4.19. The third kappa shape index (κ3) is 2.37. The Balaban J connectivity index is 2.38. The fourth-order valence-electron chi connectivity index (χ4n) is 1.98. The summed E-state index contributed by atoms with van der Waals surface area (Å²) in [5.41, 5.74) is 7.19. The highest BCUT2D eigenvalue weighted by atomic mass is 32.2. The number of sulfonamides is 1. The minimum absolute atomic E-state index is 0.105. The maximum Gasteiger partial charge on any atom is 0.238 e. The first-order valence-electron chi connectivity index (χ1n) is 5.55. The first-order chi connectivity index (χ1) is 7.89. The van der Waals surface area contributed by atoms with Gasteiger partial charge in [0.05, 0.1) is 16.3 Å². The maximum absolute atomic E-state index is 11.3. The Morgan fingerprint density at radius 2 is 2.00 bits per heavy atom. The van der Waals surface area contributed by atoms with Crippen molar-refractivity contribution in [1.29, 1.82) is 0 Å². The van der Waals surface area contributed by atoms with E-state index < -0.39 is 10.0 Å². The molecule has 4 N–H and O–H groups in total. The van der Waals surface area contributed by atoms with Crippen molar-refractivity contribution in [2.75, 3.05) is 17.7 Å². The van der Waals surface area contributed by atoms with Crippen LogP contribution in [0.5, 0.6) is 0 Å². The van der Waals surface area contributed by atoms with E-state index in [9.17, 15) is 8.42 Å². The molecule has 0 aromatic heterocycles. The van der Waals surface area contributed by atoms with Crippen molar-refractivity contribution in [2.24, 2.45) is 5.14 Å². The molecule has 2 rings (SSSR count). The molecule has 0 radical (unpaired) electrons. The zero-order valence-corrected chi connectivity index (χ0v) is 10.6. The molecular weight excluding hydrogens is 238 g/mol. The lowest BCUT2D eigenvalue weighted by molar-refractivity contribution is 0.401. The number of hydrogen-bond donors (Lipinski definition) is 2. The first kappa shape index (κ1) is 12.2. The van der Waals surface area contributed by atoms with Gasteiger partial charge in [0.1, 0.15) is 0 Å². The molecular formula is C11H17N3O2S. The number of nitrogen functional groups attached to an aromatic ring is 1. The monoisotopic (exact) mass is 255 g/mol. The zero-order valence-electron chi connectivity index (χ0n) is 9.76. The van der Waals surface area contributed by atoms with Crippen LogP contribution in [0, 0.1) is 0 Å². The van der Waals surface area contributed by atoms with Crippen LogP contribution in [-0.4, -0.2) is 21.5 Å². The van der Waals surface area contributed by atoms with Crippen LogP contribution >= 0.6 is 0 Å².